The second kappa shape index (κ2) is 8.50. The standard InChI is InChI=1S/C27H28N2O3S/c1-17(30)18-5-4-6-19(13-18)22-14-20(7-8-28-22)24-21-15-27(2,3)16-23(31)25(21)33-26(24)29-9-11-32-12-10-29/h4-8,13-14H,9-12,15-16H2,1-3H3. The van der Waals surface area contributed by atoms with Crippen LogP contribution in [0.25, 0.3) is 22.4 Å². The number of thiophene rings is 1. The summed E-state index contributed by atoms with van der Waals surface area (Å²) in [5, 5.41) is 1.16. The maximum absolute atomic E-state index is 13.1. The van der Waals surface area contributed by atoms with E-state index in [-0.39, 0.29) is 17.0 Å². The minimum Gasteiger partial charge on any atom is -0.378 e. The van der Waals surface area contributed by atoms with E-state index < -0.39 is 0 Å². The third-order valence-corrected chi connectivity index (χ3v) is 7.78. The molecule has 1 aliphatic carbocycles. The van der Waals surface area contributed by atoms with Crippen molar-refractivity contribution in [2.24, 2.45) is 5.41 Å². The molecule has 3 heterocycles. The topological polar surface area (TPSA) is 59.5 Å². The monoisotopic (exact) mass is 460 g/mol. The van der Waals surface area contributed by atoms with Crippen LogP contribution in [0.15, 0.2) is 42.6 Å². The lowest BCUT2D eigenvalue weighted by molar-refractivity contribution is 0.0917. The first-order valence-electron chi connectivity index (χ1n) is 11.4. The van der Waals surface area contributed by atoms with E-state index in [1.807, 2.05) is 36.5 Å². The molecule has 0 radical (unpaired) electrons. The number of ketones is 2. The van der Waals surface area contributed by atoms with Crippen molar-refractivity contribution in [2.45, 2.75) is 33.6 Å². The summed E-state index contributed by atoms with van der Waals surface area (Å²) in [5.41, 5.74) is 5.74. The lowest BCUT2D eigenvalue weighted by Gasteiger charge is -2.30. The van der Waals surface area contributed by atoms with Crippen molar-refractivity contribution in [2.75, 3.05) is 31.2 Å². The molecule has 2 aliphatic rings. The summed E-state index contributed by atoms with van der Waals surface area (Å²) in [7, 11) is 0. The molecule has 2 aromatic heterocycles. The summed E-state index contributed by atoms with van der Waals surface area (Å²) in [5.74, 6) is 0.283. The molecule has 1 saturated heterocycles. The lowest BCUT2D eigenvalue weighted by atomic mass is 9.75. The van der Waals surface area contributed by atoms with Gasteiger partial charge in [0.25, 0.3) is 0 Å². The van der Waals surface area contributed by atoms with Crippen molar-refractivity contribution < 1.29 is 14.3 Å². The van der Waals surface area contributed by atoms with Crippen LogP contribution < -0.4 is 4.90 Å². The van der Waals surface area contributed by atoms with E-state index in [0.29, 0.717) is 25.2 Å². The van der Waals surface area contributed by atoms with Gasteiger partial charge in [0.15, 0.2) is 11.6 Å². The fourth-order valence-corrected chi connectivity index (χ4v) is 6.16. The molecule has 33 heavy (non-hydrogen) atoms. The molecule has 170 valence electrons. The first kappa shape index (κ1) is 22.0. The number of aromatic nitrogens is 1. The molecule has 5 nitrogen and oxygen atoms in total. The minimum atomic E-state index is -0.0616. The Bertz CT molecular complexity index is 1240. The van der Waals surface area contributed by atoms with Crippen LogP contribution in [0.1, 0.15) is 52.8 Å². The van der Waals surface area contributed by atoms with Crippen LogP contribution in [0.5, 0.6) is 0 Å². The van der Waals surface area contributed by atoms with Crippen molar-refractivity contribution in [3.8, 4) is 22.4 Å². The van der Waals surface area contributed by atoms with Crippen molar-refractivity contribution in [3.63, 3.8) is 0 Å². The summed E-state index contributed by atoms with van der Waals surface area (Å²) in [6.45, 7) is 8.96. The second-order valence-electron chi connectivity index (χ2n) is 9.70. The van der Waals surface area contributed by atoms with Gasteiger partial charge in [-0.2, -0.15) is 0 Å². The Balaban J connectivity index is 1.66. The van der Waals surface area contributed by atoms with Gasteiger partial charge in [0.05, 0.1) is 28.8 Å². The Morgan fingerprint density at radius 1 is 1.09 bits per heavy atom. The summed E-state index contributed by atoms with van der Waals surface area (Å²) >= 11 is 1.64. The maximum atomic E-state index is 13.1. The van der Waals surface area contributed by atoms with Gasteiger partial charge in [-0.1, -0.05) is 32.0 Å². The molecule has 0 spiro atoms. The fraction of sp³-hybridized carbons (Fsp3) is 0.370. The third kappa shape index (κ3) is 4.25. The summed E-state index contributed by atoms with van der Waals surface area (Å²) in [6, 6.07) is 11.7. The number of pyridine rings is 1. The van der Waals surface area contributed by atoms with Crippen molar-refractivity contribution >= 4 is 27.9 Å². The summed E-state index contributed by atoms with van der Waals surface area (Å²) in [4.78, 5) is 32.9. The number of rotatable bonds is 4. The van der Waals surface area contributed by atoms with Crippen molar-refractivity contribution in [1.82, 2.24) is 4.98 Å². The number of hydrogen-bond acceptors (Lipinski definition) is 6. The largest absolute Gasteiger partial charge is 0.378 e. The molecule has 3 aromatic rings. The molecule has 0 atom stereocenters. The predicted molar refractivity (Wildman–Crippen MR) is 132 cm³/mol. The zero-order valence-corrected chi connectivity index (χ0v) is 20.1. The Hall–Kier alpha value is -2.83. The van der Waals surface area contributed by atoms with Crippen LogP contribution in [-0.2, 0) is 11.2 Å². The number of ether oxygens (including phenoxy) is 1. The van der Waals surface area contributed by atoms with Crippen LogP contribution in [0.3, 0.4) is 0 Å². The van der Waals surface area contributed by atoms with Gasteiger partial charge in [0, 0.05) is 42.4 Å². The number of carbonyl (C=O) groups is 2. The van der Waals surface area contributed by atoms with Gasteiger partial charge < -0.3 is 9.64 Å². The summed E-state index contributed by atoms with van der Waals surface area (Å²) < 4.78 is 5.59. The molecule has 6 heteroatoms. The first-order chi connectivity index (χ1) is 15.8. The molecule has 1 fully saturated rings. The Labute approximate surface area is 198 Å². The highest BCUT2D eigenvalue weighted by Crippen LogP contribution is 2.49. The Morgan fingerprint density at radius 3 is 2.64 bits per heavy atom. The zero-order chi connectivity index (χ0) is 23.2. The molecular weight excluding hydrogens is 432 g/mol. The van der Waals surface area contributed by atoms with E-state index in [0.717, 1.165) is 57.3 Å². The van der Waals surface area contributed by atoms with Gasteiger partial charge in [-0.25, -0.2) is 0 Å². The number of fused-ring (bicyclic) bond motifs is 1. The van der Waals surface area contributed by atoms with Crippen LogP contribution in [-0.4, -0.2) is 42.9 Å². The van der Waals surface area contributed by atoms with E-state index in [9.17, 15) is 9.59 Å². The van der Waals surface area contributed by atoms with Crippen LogP contribution in [0.2, 0.25) is 0 Å². The van der Waals surface area contributed by atoms with Crippen molar-refractivity contribution in [3.05, 3.63) is 58.6 Å². The van der Waals surface area contributed by atoms with Crippen molar-refractivity contribution in [1.29, 1.82) is 0 Å². The molecular formula is C27H28N2O3S. The molecule has 5 rings (SSSR count). The number of benzene rings is 1. The second-order valence-corrected chi connectivity index (χ2v) is 10.7. The first-order valence-corrected chi connectivity index (χ1v) is 12.2. The Morgan fingerprint density at radius 2 is 1.88 bits per heavy atom. The average molecular weight is 461 g/mol. The van der Waals surface area contributed by atoms with Gasteiger partial charge in [-0.05, 0) is 48.1 Å². The predicted octanol–water partition coefficient (Wildman–Crippen LogP) is 5.67. The van der Waals surface area contributed by atoms with E-state index in [4.69, 9.17) is 4.74 Å². The molecule has 0 amide bonds. The number of nitrogens with zero attached hydrogens (tertiary/aromatic N) is 2. The normalized spacial score (nSPS) is 17.7. The van der Waals surface area contributed by atoms with E-state index in [1.54, 1.807) is 18.3 Å². The molecule has 1 aromatic carbocycles. The number of hydrogen-bond donors (Lipinski definition) is 0. The molecule has 0 N–H and O–H groups in total. The Kier molecular flexibility index (Phi) is 5.67. The van der Waals surface area contributed by atoms with Gasteiger partial charge in [0.1, 0.15) is 0 Å². The SMILES string of the molecule is CC(=O)c1cccc(-c2cc(-c3c(N4CCOCC4)sc4c3CC(C)(C)CC4=O)ccn2)c1. The molecule has 1 aliphatic heterocycles. The van der Waals surface area contributed by atoms with Crippen LogP contribution in [0.4, 0.5) is 5.00 Å². The van der Waals surface area contributed by atoms with Gasteiger partial charge in [-0.15, -0.1) is 11.3 Å². The quantitative estimate of drug-likeness (QED) is 0.470. The third-order valence-electron chi connectivity index (χ3n) is 6.45. The number of morpholine rings is 1. The highest BCUT2D eigenvalue weighted by atomic mass is 32.1. The number of carbonyl (C=O) groups excluding carboxylic acids is 2. The average Bonchev–Trinajstić information content (AvgIpc) is 3.18. The van der Waals surface area contributed by atoms with Gasteiger partial charge in [0.2, 0.25) is 0 Å². The summed E-state index contributed by atoms with van der Waals surface area (Å²) in [6.07, 6.45) is 3.29. The molecule has 0 saturated carbocycles. The fourth-order valence-electron chi connectivity index (χ4n) is 4.83. The van der Waals surface area contributed by atoms with Gasteiger partial charge in [-0.3, -0.25) is 14.6 Å². The minimum absolute atomic E-state index is 0.0373. The van der Waals surface area contributed by atoms with E-state index in [1.165, 1.54) is 0 Å². The highest BCUT2D eigenvalue weighted by Gasteiger charge is 2.37. The van der Waals surface area contributed by atoms with Gasteiger partial charge >= 0.3 is 0 Å². The van der Waals surface area contributed by atoms with E-state index >= 15 is 0 Å². The number of anilines is 1. The highest BCUT2D eigenvalue weighted by molar-refractivity contribution is 7.19. The maximum Gasteiger partial charge on any atom is 0.173 e. The molecule has 0 unspecified atom stereocenters. The lowest BCUT2D eigenvalue weighted by Crippen LogP contribution is -2.36. The van der Waals surface area contributed by atoms with Crippen LogP contribution in [0, 0.1) is 5.41 Å². The van der Waals surface area contributed by atoms with E-state index in [2.05, 4.69) is 29.8 Å². The smallest absolute Gasteiger partial charge is 0.173 e. The molecule has 0 bridgehead atoms. The van der Waals surface area contributed by atoms with Crippen LogP contribution >= 0.6 is 11.3 Å². The number of Topliss-reactive ketones (excluding diaryl/α,β-unsaturated/α-hetero) is 2. The zero-order valence-electron chi connectivity index (χ0n) is 19.3.